The van der Waals surface area contributed by atoms with Crippen LogP contribution in [0, 0.1) is 30.6 Å². The topological polar surface area (TPSA) is 58.2 Å². The first-order chi connectivity index (χ1) is 14.8. The van der Waals surface area contributed by atoms with Gasteiger partial charge in [0.25, 0.3) is 5.91 Å². The maximum absolute atomic E-state index is 13.0. The molecule has 2 aliphatic rings. The van der Waals surface area contributed by atoms with Gasteiger partial charge in [-0.3, -0.25) is 9.59 Å². The molecule has 172 valence electrons. The fraction of sp³-hybridized carbons (Fsp3) is 0.680. The number of thioether (sulfide) groups is 1. The number of carbonyl (C=O) groups excluding carboxylic acids is 2. The zero-order valence-corrected chi connectivity index (χ0v) is 20.9. The zero-order chi connectivity index (χ0) is 22.5. The van der Waals surface area contributed by atoms with Crippen LogP contribution >= 0.6 is 23.4 Å². The van der Waals surface area contributed by atoms with Gasteiger partial charge in [0, 0.05) is 28.1 Å². The third-order valence-electron chi connectivity index (χ3n) is 7.32. The van der Waals surface area contributed by atoms with Crippen molar-refractivity contribution in [2.45, 2.75) is 77.2 Å². The first kappa shape index (κ1) is 24.4. The van der Waals surface area contributed by atoms with Crippen LogP contribution in [0.4, 0.5) is 0 Å². The number of amides is 2. The second-order valence-electron chi connectivity index (χ2n) is 9.31. The Hall–Kier alpha value is -1.20. The van der Waals surface area contributed by atoms with E-state index in [1.54, 1.807) is 17.8 Å². The Morgan fingerprint density at radius 1 is 1.19 bits per heavy atom. The summed E-state index contributed by atoms with van der Waals surface area (Å²) < 4.78 is 0. The summed E-state index contributed by atoms with van der Waals surface area (Å²) in [6.45, 7) is 8.77. The average molecular weight is 465 g/mol. The maximum atomic E-state index is 13.0. The molecular weight excluding hydrogens is 428 g/mol. The van der Waals surface area contributed by atoms with E-state index in [9.17, 15) is 9.59 Å². The SMILES string of the molecule is CCSc1cc(Cl)cc(C(=O)NCC2C(=O)NC(C)C(C3CCCCCC3)C2C)c1C. The van der Waals surface area contributed by atoms with Gasteiger partial charge >= 0.3 is 0 Å². The van der Waals surface area contributed by atoms with Gasteiger partial charge in [0.2, 0.25) is 5.91 Å². The third kappa shape index (κ3) is 5.78. The monoisotopic (exact) mass is 464 g/mol. The lowest BCUT2D eigenvalue weighted by Gasteiger charge is -2.44. The molecule has 0 radical (unpaired) electrons. The molecule has 1 saturated heterocycles. The second-order valence-corrected chi connectivity index (χ2v) is 11.1. The van der Waals surface area contributed by atoms with E-state index in [1.165, 1.54) is 38.5 Å². The van der Waals surface area contributed by atoms with E-state index in [-0.39, 0.29) is 29.7 Å². The normalized spacial score (nSPS) is 27.5. The third-order valence-corrected chi connectivity index (χ3v) is 8.56. The molecule has 31 heavy (non-hydrogen) atoms. The fourth-order valence-corrected chi connectivity index (χ4v) is 6.83. The number of halogens is 1. The molecule has 6 heteroatoms. The molecule has 3 rings (SSSR count). The summed E-state index contributed by atoms with van der Waals surface area (Å²) in [5, 5.41) is 6.84. The molecule has 0 aromatic heterocycles. The van der Waals surface area contributed by atoms with E-state index < -0.39 is 0 Å². The largest absolute Gasteiger partial charge is 0.353 e. The highest BCUT2D eigenvalue weighted by molar-refractivity contribution is 7.99. The Balaban J connectivity index is 1.71. The van der Waals surface area contributed by atoms with Gasteiger partial charge in [-0.25, -0.2) is 0 Å². The predicted molar refractivity (Wildman–Crippen MR) is 130 cm³/mol. The minimum absolute atomic E-state index is 0.0650. The van der Waals surface area contributed by atoms with Gasteiger partial charge in [0.1, 0.15) is 0 Å². The molecule has 1 aromatic carbocycles. The number of benzene rings is 1. The highest BCUT2D eigenvalue weighted by atomic mass is 35.5. The first-order valence-corrected chi connectivity index (χ1v) is 13.2. The second kappa shape index (κ2) is 11.1. The van der Waals surface area contributed by atoms with Gasteiger partial charge in [-0.1, -0.05) is 64.0 Å². The Bertz CT molecular complexity index is 792. The van der Waals surface area contributed by atoms with E-state index in [2.05, 4.69) is 31.4 Å². The number of carbonyl (C=O) groups is 2. The molecule has 2 amide bonds. The van der Waals surface area contributed by atoms with Crippen LogP contribution in [-0.4, -0.2) is 30.2 Å². The van der Waals surface area contributed by atoms with Crippen LogP contribution in [0.2, 0.25) is 5.02 Å². The van der Waals surface area contributed by atoms with Crippen molar-refractivity contribution in [2.24, 2.45) is 23.7 Å². The van der Waals surface area contributed by atoms with Crippen LogP contribution < -0.4 is 10.6 Å². The summed E-state index contributed by atoms with van der Waals surface area (Å²) in [7, 11) is 0. The van der Waals surface area contributed by atoms with Gasteiger partial charge in [-0.15, -0.1) is 11.8 Å². The van der Waals surface area contributed by atoms with Crippen molar-refractivity contribution in [3.63, 3.8) is 0 Å². The molecule has 1 heterocycles. The molecule has 2 N–H and O–H groups in total. The summed E-state index contributed by atoms with van der Waals surface area (Å²) in [6, 6.07) is 3.84. The van der Waals surface area contributed by atoms with Crippen molar-refractivity contribution in [2.75, 3.05) is 12.3 Å². The van der Waals surface area contributed by atoms with Crippen molar-refractivity contribution in [3.8, 4) is 0 Å². The van der Waals surface area contributed by atoms with Crippen molar-refractivity contribution < 1.29 is 9.59 Å². The molecule has 4 nitrogen and oxygen atoms in total. The average Bonchev–Trinajstić information content (AvgIpc) is 2.99. The smallest absolute Gasteiger partial charge is 0.251 e. The van der Waals surface area contributed by atoms with Crippen LogP contribution in [0.5, 0.6) is 0 Å². The van der Waals surface area contributed by atoms with Crippen LogP contribution in [0.1, 0.15) is 75.2 Å². The molecule has 0 spiro atoms. The molecule has 2 fully saturated rings. The summed E-state index contributed by atoms with van der Waals surface area (Å²) in [4.78, 5) is 26.9. The van der Waals surface area contributed by atoms with E-state index in [0.29, 0.717) is 29.0 Å². The molecule has 1 aliphatic carbocycles. The Morgan fingerprint density at radius 2 is 1.87 bits per heavy atom. The standard InChI is InChI=1S/C25H37ClN2O2S/c1-5-31-22-13-19(26)12-20(15(22)2)24(29)27-14-21-16(3)23(17(4)28-25(21)30)18-10-8-6-7-9-11-18/h12-13,16-18,21,23H,5-11,14H2,1-4H3,(H,27,29)(H,28,30). The van der Waals surface area contributed by atoms with E-state index >= 15 is 0 Å². The minimum atomic E-state index is -0.197. The molecule has 4 unspecified atom stereocenters. The Kier molecular flexibility index (Phi) is 8.74. The summed E-state index contributed by atoms with van der Waals surface area (Å²) >= 11 is 7.96. The number of piperidine rings is 1. The highest BCUT2D eigenvalue weighted by Gasteiger charge is 2.43. The molecule has 0 bridgehead atoms. The van der Waals surface area contributed by atoms with Gasteiger partial charge in [-0.05, 0) is 55.1 Å². The van der Waals surface area contributed by atoms with Gasteiger partial charge in [-0.2, -0.15) is 0 Å². The number of hydrogen-bond donors (Lipinski definition) is 2. The predicted octanol–water partition coefficient (Wildman–Crippen LogP) is 5.85. The molecular formula is C25H37ClN2O2S. The fourth-order valence-electron chi connectivity index (χ4n) is 5.70. The number of hydrogen-bond acceptors (Lipinski definition) is 3. The highest BCUT2D eigenvalue weighted by Crippen LogP contribution is 2.40. The summed E-state index contributed by atoms with van der Waals surface area (Å²) in [5.41, 5.74) is 1.54. The van der Waals surface area contributed by atoms with Crippen molar-refractivity contribution in [1.82, 2.24) is 10.6 Å². The minimum Gasteiger partial charge on any atom is -0.353 e. The van der Waals surface area contributed by atoms with Crippen LogP contribution in [0.3, 0.4) is 0 Å². The molecule has 1 aromatic rings. The maximum Gasteiger partial charge on any atom is 0.251 e. The lowest BCUT2D eigenvalue weighted by molar-refractivity contribution is -0.132. The van der Waals surface area contributed by atoms with Gasteiger partial charge in [0.05, 0.1) is 5.92 Å². The molecule has 4 atom stereocenters. The lowest BCUT2D eigenvalue weighted by atomic mass is 9.67. The van der Waals surface area contributed by atoms with Crippen LogP contribution in [-0.2, 0) is 4.79 Å². The van der Waals surface area contributed by atoms with Crippen molar-refractivity contribution >= 4 is 35.2 Å². The quantitative estimate of drug-likeness (QED) is 0.410. The first-order valence-electron chi connectivity index (χ1n) is 11.8. The van der Waals surface area contributed by atoms with E-state index in [0.717, 1.165) is 16.2 Å². The summed E-state index contributed by atoms with van der Waals surface area (Å²) in [5.74, 6) is 2.02. The van der Waals surface area contributed by atoms with Gasteiger partial charge in [0.15, 0.2) is 0 Å². The van der Waals surface area contributed by atoms with E-state index in [1.807, 2.05) is 13.0 Å². The van der Waals surface area contributed by atoms with Crippen LogP contribution in [0.15, 0.2) is 17.0 Å². The van der Waals surface area contributed by atoms with E-state index in [4.69, 9.17) is 11.6 Å². The van der Waals surface area contributed by atoms with Gasteiger partial charge < -0.3 is 10.6 Å². The number of rotatable bonds is 6. The lowest BCUT2D eigenvalue weighted by Crippen LogP contribution is -2.57. The Labute approximate surface area is 196 Å². The summed E-state index contributed by atoms with van der Waals surface area (Å²) in [6.07, 6.45) is 7.76. The number of nitrogens with one attached hydrogen (secondary N) is 2. The Morgan fingerprint density at radius 3 is 2.52 bits per heavy atom. The van der Waals surface area contributed by atoms with Crippen LogP contribution in [0.25, 0.3) is 0 Å². The van der Waals surface area contributed by atoms with Crippen molar-refractivity contribution in [1.29, 1.82) is 0 Å². The molecule has 1 aliphatic heterocycles. The van der Waals surface area contributed by atoms with Crippen molar-refractivity contribution in [3.05, 3.63) is 28.3 Å². The molecule has 1 saturated carbocycles. The zero-order valence-electron chi connectivity index (χ0n) is 19.3.